The van der Waals surface area contributed by atoms with Gasteiger partial charge in [-0.05, 0) is 42.2 Å². The third-order valence-electron chi connectivity index (χ3n) is 5.05. The molecule has 1 saturated heterocycles. The fourth-order valence-electron chi connectivity index (χ4n) is 3.43. The minimum Gasteiger partial charge on any atom is -0.352 e. The lowest BCUT2D eigenvalue weighted by atomic mass is 9.99. The first kappa shape index (κ1) is 19.8. The molecule has 1 N–H and O–H groups in total. The Balaban J connectivity index is 1.63. The highest BCUT2D eigenvalue weighted by Crippen LogP contribution is 2.22. The molecule has 0 bridgehead atoms. The highest BCUT2D eigenvalue weighted by atomic mass is 16.2. The molecule has 1 fully saturated rings. The van der Waals surface area contributed by atoms with E-state index >= 15 is 0 Å². The van der Waals surface area contributed by atoms with Crippen LogP contribution in [-0.4, -0.2) is 42.1 Å². The molecule has 3 rings (SSSR count). The molecule has 0 spiro atoms. The summed E-state index contributed by atoms with van der Waals surface area (Å²) in [6, 6.07) is 14.8. The van der Waals surface area contributed by atoms with Gasteiger partial charge in [-0.1, -0.05) is 37.3 Å². The summed E-state index contributed by atoms with van der Waals surface area (Å²) in [6.45, 7) is 3.83. The lowest BCUT2D eigenvalue weighted by molar-refractivity contribution is -0.129. The molecule has 0 unspecified atom stereocenters. The number of nitrogens with one attached hydrogen (secondary N) is 1. The van der Waals surface area contributed by atoms with Gasteiger partial charge in [0.25, 0.3) is 5.91 Å². The van der Waals surface area contributed by atoms with Crippen LogP contribution in [0.5, 0.6) is 0 Å². The largest absolute Gasteiger partial charge is 0.352 e. The van der Waals surface area contributed by atoms with Crippen LogP contribution in [0.2, 0.25) is 0 Å². The van der Waals surface area contributed by atoms with Crippen molar-refractivity contribution in [3.63, 3.8) is 0 Å². The Morgan fingerprint density at radius 3 is 2.18 bits per heavy atom. The number of ketones is 1. The van der Waals surface area contributed by atoms with Crippen molar-refractivity contribution in [2.24, 2.45) is 0 Å². The van der Waals surface area contributed by atoms with Crippen molar-refractivity contribution in [2.75, 3.05) is 19.6 Å². The minimum atomic E-state index is -0.197. The van der Waals surface area contributed by atoms with Gasteiger partial charge in [0.2, 0.25) is 5.91 Å². The Labute approximate surface area is 165 Å². The van der Waals surface area contributed by atoms with Crippen LogP contribution in [0.15, 0.2) is 48.5 Å². The zero-order chi connectivity index (χ0) is 19.9. The molecular formula is C23H26N2O3. The van der Waals surface area contributed by atoms with E-state index in [-0.39, 0.29) is 17.6 Å². The Morgan fingerprint density at radius 2 is 1.54 bits per heavy atom. The first-order valence-corrected chi connectivity index (χ1v) is 9.88. The van der Waals surface area contributed by atoms with Gasteiger partial charge in [-0.3, -0.25) is 14.4 Å². The summed E-state index contributed by atoms with van der Waals surface area (Å²) >= 11 is 0. The Hall–Kier alpha value is -2.95. The summed E-state index contributed by atoms with van der Waals surface area (Å²) in [4.78, 5) is 38.3. The van der Waals surface area contributed by atoms with Crippen LogP contribution < -0.4 is 5.32 Å². The quantitative estimate of drug-likeness (QED) is 0.747. The van der Waals surface area contributed by atoms with Gasteiger partial charge in [-0.25, -0.2) is 0 Å². The normalized spacial score (nSPS) is 13.4. The SMILES string of the molecule is CCC(=O)c1cccc(-c2cccc(C(=O)NCCC(=O)N3CCCC3)c2)c1. The summed E-state index contributed by atoms with van der Waals surface area (Å²) < 4.78 is 0. The molecule has 1 heterocycles. The molecule has 5 nitrogen and oxygen atoms in total. The van der Waals surface area contributed by atoms with Gasteiger partial charge >= 0.3 is 0 Å². The van der Waals surface area contributed by atoms with Crippen molar-refractivity contribution in [2.45, 2.75) is 32.6 Å². The summed E-state index contributed by atoms with van der Waals surface area (Å²) in [7, 11) is 0. The third kappa shape index (κ3) is 4.85. The van der Waals surface area contributed by atoms with Crippen molar-refractivity contribution in [1.82, 2.24) is 10.2 Å². The maximum Gasteiger partial charge on any atom is 0.251 e. The van der Waals surface area contributed by atoms with Gasteiger partial charge in [-0.15, -0.1) is 0 Å². The highest BCUT2D eigenvalue weighted by Gasteiger charge is 2.17. The number of likely N-dealkylation sites (tertiary alicyclic amines) is 1. The van der Waals surface area contributed by atoms with Crippen LogP contribution >= 0.6 is 0 Å². The fraction of sp³-hybridized carbons (Fsp3) is 0.348. The van der Waals surface area contributed by atoms with E-state index < -0.39 is 0 Å². The van der Waals surface area contributed by atoms with E-state index in [4.69, 9.17) is 0 Å². The van der Waals surface area contributed by atoms with Gasteiger partial charge in [-0.2, -0.15) is 0 Å². The van der Waals surface area contributed by atoms with Crippen LogP contribution in [0.1, 0.15) is 53.3 Å². The molecule has 0 saturated carbocycles. The van der Waals surface area contributed by atoms with Crippen LogP contribution in [-0.2, 0) is 4.79 Å². The smallest absolute Gasteiger partial charge is 0.251 e. The van der Waals surface area contributed by atoms with Crippen molar-refractivity contribution in [3.05, 3.63) is 59.7 Å². The van der Waals surface area contributed by atoms with Gasteiger partial charge < -0.3 is 10.2 Å². The first-order chi connectivity index (χ1) is 13.6. The second-order valence-electron chi connectivity index (χ2n) is 7.03. The number of Topliss-reactive ketones (excluding diaryl/α,β-unsaturated/α-hetero) is 1. The molecular weight excluding hydrogens is 352 g/mol. The van der Waals surface area contributed by atoms with Gasteiger partial charge in [0.05, 0.1) is 0 Å². The summed E-state index contributed by atoms with van der Waals surface area (Å²) in [6.07, 6.45) is 2.92. The highest BCUT2D eigenvalue weighted by molar-refractivity contribution is 5.98. The lowest BCUT2D eigenvalue weighted by Gasteiger charge is -2.15. The second kappa shape index (κ2) is 9.31. The van der Waals surface area contributed by atoms with E-state index in [1.54, 1.807) is 6.07 Å². The Kier molecular flexibility index (Phi) is 6.58. The van der Waals surface area contributed by atoms with E-state index in [0.717, 1.165) is 37.1 Å². The number of carbonyl (C=O) groups excluding carboxylic acids is 3. The number of hydrogen-bond acceptors (Lipinski definition) is 3. The first-order valence-electron chi connectivity index (χ1n) is 9.88. The summed E-state index contributed by atoms with van der Waals surface area (Å²) in [5.41, 5.74) is 3.00. The Bertz CT molecular complexity index is 870. The van der Waals surface area contributed by atoms with Crippen molar-refractivity contribution in [3.8, 4) is 11.1 Å². The molecule has 0 radical (unpaired) electrons. The predicted octanol–water partition coefficient (Wildman–Crippen LogP) is 3.69. The standard InChI is InChI=1S/C23H26N2O3/c1-2-21(26)19-9-5-7-17(15-19)18-8-6-10-20(16-18)23(28)24-12-11-22(27)25-13-3-4-14-25/h5-10,15-16H,2-4,11-14H2,1H3,(H,24,28). The molecule has 2 aromatic rings. The average Bonchev–Trinajstić information content (AvgIpc) is 3.28. The molecule has 28 heavy (non-hydrogen) atoms. The second-order valence-corrected chi connectivity index (χ2v) is 7.03. The maximum atomic E-state index is 12.5. The fourth-order valence-corrected chi connectivity index (χ4v) is 3.43. The topological polar surface area (TPSA) is 66.5 Å². The summed E-state index contributed by atoms with van der Waals surface area (Å²) in [5.74, 6) is -0.000708. The number of hydrogen-bond donors (Lipinski definition) is 1. The monoisotopic (exact) mass is 378 g/mol. The number of carbonyl (C=O) groups is 3. The van der Waals surface area contributed by atoms with Crippen molar-refractivity contribution < 1.29 is 14.4 Å². The third-order valence-corrected chi connectivity index (χ3v) is 5.05. The molecule has 0 aromatic heterocycles. The molecule has 1 aliphatic rings. The van der Waals surface area contributed by atoms with Crippen molar-refractivity contribution >= 4 is 17.6 Å². The van der Waals surface area contributed by atoms with Crippen LogP contribution in [0.3, 0.4) is 0 Å². The molecule has 1 aliphatic heterocycles. The van der Waals surface area contributed by atoms with Crippen LogP contribution in [0.4, 0.5) is 0 Å². The van der Waals surface area contributed by atoms with E-state index in [0.29, 0.717) is 30.5 Å². The van der Waals surface area contributed by atoms with Gasteiger partial charge in [0.15, 0.2) is 5.78 Å². The average molecular weight is 378 g/mol. The zero-order valence-corrected chi connectivity index (χ0v) is 16.2. The molecule has 2 amide bonds. The molecule has 0 atom stereocenters. The Morgan fingerprint density at radius 1 is 0.929 bits per heavy atom. The van der Waals surface area contributed by atoms with E-state index in [9.17, 15) is 14.4 Å². The number of rotatable bonds is 7. The molecule has 2 aromatic carbocycles. The lowest BCUT2D eigenvalue weighted by Crippen LogP contribution is -2.32. The van der Waals surface area contributed by atoms with Gasteiger partial charge in [0.1, 0.15) is 0 Å². The molecule has 5 heteroatoms. The zero-order valence-electron chi connectivity index (χ0n) is 16.2. The van der Waals surface area contributed by atoms with E-state index in [1.165, 1.54) is 0 Å². The van der Waals surface area contributed by atoms with E-state index in [2.05, 4.69) is 5.32 Å². The number of benzene rings is 2. The predicted molar refractivity (Wildman–Crippen MR) is 109 cm³/mol. The van der Waals surface area contributed by atoms with Crippen LogP contribution in [0, 0.1) is 0 Å². The number of amides is 2. The van der Waals surface area contributed by atoms with Gasteiger partial charge in [0, 0.05) is 43.6 Å². The summed E-state index contributed by atoms with van der Waals surface area (Å²) in [5, 5.41) is 2.83. The van der Waals surface area contributed by atoms with Crippen LogP contribution in [0.25, 0.3) is 11.1 Å². The molecule has 0 aliphatic carbocycles. The maximum absolute atomic E-state index is 12.5. The van der Waals surface area contributed by atoms with Crippen molar-refractivity contribution in [1.29, 1.82) is 0 Å². The minimum absolute atomic E-state index is 0.0958. The molecule has 146 valence electrons. The van der Waals surface area contributed by atoms with E-state index in [1.807, 2.05) is 54.3 Å². The number of nitrogens with zero attached hydrogens (tertiary/aromatic N) is 1.